The van der Waals surface area contributed by atoms with Crippen molar-refractivity contribution in [1.82, 2.24) is 15.0 Å². The van der Waals surface area contributed by atoms with Gasteiger partial charge in [-0.3, -0.25) is 0 Å². The summed E-state index contributed by atoms with van der Waals surface area (Å²) in [5, 5.41) is 8.41. The van der Waals surface area contributed by atoms with Gasteiger partial charge in [0.15, 0.2) is 0 Å². The molecule has 1 aromatic carbocycles. The Kier molecular flexibility index (Phi) is 3.26. The first kappa shape index (κ1) is 11.8. The summed E-state index contributed by atoms with van der Waals surface area (Å²) >= 11 is 0. The SMILES string of the molecule is C[C@@H](N)COCc1cc(N)c2nn(C)nc2c1. The quantitative estimate of drug-likeness (QED) is 0.749. The predicted molar refractivity (Wildman–Crippen MR) is 66.2 cm³/mol. The average Bonchev–Trinajstić information content (AvgIpc) is 2.58. The van der Waals surface area contributed by atoms with Crippen LogP contribution in [0.1, 0.15) is 12.5 Å². The molecule has 0 amide bonds. The fraction of sp³-hybridized carbons (Fsp3) is 0.455. The highest BCUT2D eigenvalue weighted by molar-refractivity contribution is 5.86. The third kappa shape index (κ3) is 2.72. The maximum Gasteiger partial charge on any atom is 0.136 e. The third-order valence-corrected chi connectivity index (χ3v) is 2.33. The first-order chi connectivity index (χ1) is 8.06. The van der Waals surface area contributed by atoms with Gasteiger partial charge in [-0.05, 0) is 24.6 Å². The first-order valence-electron chi connectivity index (χ1n) is 5.49. The number of hydrogen-bond donors (Lipinski definition) is 2. The molecule has 0 saturated carbocycles. The highest BCUT2D eigenvalue weighted by Crippen LogP contribution is 2.20. The Morgan fingerprint density at radius 3 is 2.88 bits per heavy atom. The normalized spacial score (nSPS) is 13.1. The Bertz CT molecular complexity index is 520. The number of nitrogen functional groups attached to an aromatic ring is 1. The van der Waals surface area contributed by atoms with Gasteiger partial charge in [-0.2, -0.15) is 15.0 Å². The summed E-state index contributed by atoms with van der Waals surface area (Å²) < 4.78 is 5.46. The Balaban J connectivity index is 2.18. The van der Waals surface area contributed by atoms with E-state index in [-0.39, 0.29) is 6.04 Å². The lowest BCUT2D eigenvalue weighted by Gasteiger charge is -2.07. The molecule has 0 spiro atoms. The van der Waals surface area contributed by atoms with Gasteiger partial charge in [0.25, 0.3) is 0 Å². The smallest absolute Gasteiger partial charge is 0.136 e. The lowest BCUT2D eigenvalue weighted by atomic mass is 10.2. The van der Waals surface area contributed by atoms with Crippen molar-refractivity contribution in [1.29, 1.82) is 0 Å². The Labute approximate surface area is 99.5 Å². The summed E-state index contributed by atoms with van der Waals surface area (Å²) in [6.45, 7) is 2.91. The fourth-order valence-corrected chi connectivity index (χ4v) is 1.66. The third-order valence-electron chi connectivity index (χ3n) is 2.33. The van der Waals surface area contributed by atoms with Crippen LogP contribution in [0.3, 0.4) is 0 Å². The van der Waals surface area contributed by atoms with Crippen LogP contribution in [0.5, 0.6) is 0 Å². The summed E-state index contributed by atoms with van der Waals surface area (Å²) in [6.07, 6.45) is 0. The van der Waals surface area contributed by atoms with Crippen LogP contribution >= 0.6 is 0 Å². The lowest BCUT2D eigenvalue weighted by Crippen LogP contribution is -2.21. The molecule has 1 aromatic heterocycles. The first-order valence-corrected chi connectivity index (χ1v) is 5.49. The van der Waals surface area contributed by atoms with Crippen LogP contribution in [-0.2, 0) is 18.4 Å². The topological polar surface area (TPSA) is 92.0 Å². The summed E-state index contributed by atoms with van der Waals surface area (Å²) in [5.41, 5.74) is 14.6. The van der Waals surface area contributed by atoms with E-state index in [1.54, 1.807) is 7.05 Å². The molecule has 92 valence electrons. The number of nitrogens with zero attached hydrogens (tertiary/aromatic N) is 3. The van der Waals surface area contributed by atoms with Crippen LogP contribution < -0.4 is 11.5 Å². The molecular formula is C11H17N5O. The fourth-order valence-electron chi connectivity index (χ4n) is 1.66. The van der Waals surface area contributed by atoms with Crippen molar-refractivity contribution in [3.8, 4) is 0 Å². The summed E-state index contributed by atoms with van der Waals surface area (Å²) in [4.78, 5) is 1.51. The van der Waals surface area contributed by atoms with E-state index in [0.717, 1.165) is 16.6 Å². The number of hydrogen-bond acceptors (Lipinski definition) is 5. The van der Waals surface area contributed by atoms with Gasteiger partial charge < -0.3 is 16.2 Å². The second-order valence-electron chi connectivity index (χ2n) is 4.23. The summed E-state index contributed by atoms with van der Waals surface area (Å²) in [5.74, 6) is 0. The number of rotatable bonds is 4. The van der Waals surface area contributed by atoms with Gasteiger partial charge in [0, 0.05) is 13.1 Å². The maximum absolute atomic E-state index is 5.91. The zero-order valence-electron chi connectivity index (χ0n) is 10.1. The van der Waals surface area contributed by atoms with E-state index in [1.807, 2.05) is 19.1 Å². The van der Waals surface area contributed by atoms with E-state index in [2.05, 4.69) is 10.2 Å². The van der Waals surface area contributed by atoms with Crippen LogP contribution in [0.4, 0.5) is 5.69 Å². The van der Waals surface area contributed by atoms with E-state index in [0.29, 0.717) is 18.9 Å². The van der Waals surface area contributed by atoms with Gasteiger partial charge in [0.2, 0.25) is 0 Å². The van der Waals surface area contributed by atoms with Gasteiger partial charge >= 0.3 is 0 Å². The number of ether oxygens (including phenoxy) is 1. The Morgan fingerprint density at radius 2 is 2.18 bits per heavy atom. The number of aromatic nitrogens is 3. The van der Waals surface area contributed by atoms with Crippen molar-refractivity contribution in [2.24, 2.45) is 12.8 Å². The van der Waals surface area contributed by atoms with Crippen molar-refractivity contribution < 1.29 is 4.74 Å². The molecule has 0 saturated heterocycles. The van der Waals surface area contributed by atoms with Gasteiger partial charge in [0.05, 0.1) is 18.9 Å². The number of nitrogens with two attached hydrogens (primary N) is 2. The van der Waals surface area contributed by atoms with Crippen molar-refractivity contribution in [2.45, 2.75) is 19.6 Å². The highest BCUT2D eigenvalue weighted by Gasteiger charge is 2.07. The van der Waals surface area contributed by atoms with Crippen molar-refractivity contribution in [2.75, 3.05) is 12.3 Å². The van der Waals surface area contributed by atoms with E-state index in [9.17, 15) is 0 Å². The molecule has 1 atom stereocenters. The zero-order valence-corrected chi connectivity index (χ0v) is 10.1. The van der Waals surface area contributed by atoms with Crippen LogP contribution in [-0.4, -0.2) is 27.6 Å². The summed E-state index contributed by atoms with van der Waals surface area (Å²) in [7, 11) is 1.77. The van der Waals surface area contributed by atoms with Crippen molar-refractivity contribution >= 4 is 16.7 Å². The molecule has 0 radical (unpaired) electrons. The molecule has 17 heavy (non-hydrogen) atoms. The van der Waals surface area contributed by atoms with Crippen LogP contribution in [0, 0.1) is 0 Å². The minimum absolute atomic E-state index is 0.0348. The molecule has 6 nitrogen and oxygen atoms in total. The van der Waals surface area contributed by atoms with E-state index < -0.39 is 0 Å². The monoisotopic (exact) mass is 235 g/mol. The summed E-state index contributed by atoms with van der Waals surface area (Å²) in [6, 6.07) is 3.82. The molecule has 2 rings (SSSR count). The van der Waals surface area contributed by atoms with Gasteiger partial charge in [-0.25, -0.2) is 0 Å². The molecule has 0 bridgehead atoms. The molecule has 0 fully saturated rings. The maximum atomic E-state index is 5.91. The largest absolute Gasteiger partial charge is 0.397 e. The lowest BCUT2D eigenvalue weighted by molar-refractivity contribution is 0.111. The van der Waals surface area contributed by atoms with E-state index in [1.165, 1.54) is 4.80 Å². The zero-order chi connectivity index (χ0) is 12.4. The Hall–Kier alpha value is -1.66. The van der Waals surface area contributed by atoms with E-state index in [4.69, 9.17) is 16.2 Å². The van der Waals surface area contributed by atoms with Gasteiger partial charge in [0.1, 0.15) is 11.0 Å². The standard InChI is InChI=1S/C11H17N5O/c1-7(12)5-17-6-8-3-9(13)11-10(4-8)14-16(2)15-11/h3-4,7H,5-6,12-13H2,1-2H3/t7-/m1/s1. The molecule has 6 heteroatoms. The number of fused-ring (bicyclic) bond motifs is 1. The van der Waals surface area contributed by atoms with Crippen molar-refractivity contribution in [3.05, 3.63) is 17.7 Å². The molecule has 0 aliphatic carbocycles. The number of aryl methyl sites for hydroxylation is 1. The Morgan fingerprint density at radius 1 is 1.41 bits per heavy atom. The number of benzene rings is 1. The molecule has 0 aliphatic heterocycles. The molecular weight excluding hydrogens is 218 g/mol. The van der Waals surface area contributed by atoms with Gasteiger partial charge in [-0.1, -0.05) is 0 Å². The molecule has 2 aromatic rings. The number of anilines is 1. The molecule has 1 heterocycles. The van der Waals surface area contributed by atoms with Crippen LogP contribution in [0.15, 0.2) is 12.1 Å². The highest BCUT2D eigenvalue weighted by atomic mass is 16.5. The van der Waals surface area contributed by atoms with Crippen LogP contribution in [0.25, 0.3) is 11.0 Å². The average molecular weight is 235 g/mol. The minimum Gasteiger partial charge on any atom is -0.397 e. The van der Waals surface area contributed by atoms with Crippen LogP contribution in [0.2, 0.25) is 0 Å². The van der Waals surface area contributed by atoms with Crippen molar-refractivity contribution in [3.63, 3.8) is 0 Å². The second-order valence-corrected chi connectivity index (χ2v) is 4.23. The predicted octanol–water partition coefficient (Wildman–Crippen LogP) is 0.414. The second kappa shape index (κ2) is 4.68. The molecule has 0 aliphatic rings. The minimum atomic E-state index is 0.0348. The molecule has 0 unspecified atom stereocenters. The van der Waals surface area contributed by atoms with Gasteiger partial charge in [-0.15, -0.1) is 0 Å². The molecule has 4 N–H and O–H groups in total. The van der Waals surface area contributed by atoms with E-state index >= 15 is 0 Å².